The first-order chi connectivity index (χ1) is 13.6. The minimum atomic E-state index is -3.85. The molecular formula is C19H19N3O5S2. The average molecular weight is 434 g/mol. The molecule has 0 radical (unpaired) electrons. The molecule has 1 aliphatic carbocycles. The van der Waals surface area contributed by atoms with E-state index < -0.39 is 21.5 Å². The third kappa shape index (κ3) is 3.54. The van der Waals surface area contributed by atoms with Gasteiger partial charge in [-0.15, -0.1) is 11.3 Å². The summed E-state index contributed by atoms with van der Waals surface area (Å²) in [5.41, 5.74) is 0.207. The summed E-state index contributed by atoms with van der Waals surface area (Å²) in [6.07, 6.45) is 2.65. The zero-order valence-electron chi connectivity index (χ0n) is 15.5. The van der Waals surface area contributed by atoms with E-state index in [2.05, 4.69) is 17.2 Å². The molecule has 0 fully saturated rings. The fraction of sp³-hybridized carbons (Fsp3) is 0.263. The van der Waals surface area contributed by atoms with E-state index in [1.165, 1.54) is 35.6 Å². The third-order valence-corrected chi connectivity index (χ3v) is 7.21. The number of rotatable bonds is 3. The molecule has 1 aromatic carbocycles. The van der Waals surface area contributed by atoms with Gasteiger partial charge in [-0.25, -0.2) is 13.6 Å². The molecule has 1 amide bonds. The highest BCUT2D eigenvalue weighted by Crippen LogP contribution is 2.41. The standard InChI is InChI=1S/C19H19N3O5S2/c1-9-2-7-12-13(8-9)28-19-14(12)16(23)15(18(25)22-19)17(24)21-10-3-5-11(6-4-10)29(20,26)27/h3-6,9H,2,7-8H2,1H3,(H,21,24)(H2,20,26,27)(H2,22,23,25)/t9-/m0/s1. The lowest BCUT2D eigenvalue weighted by atomic mass is 9.89. The average Bonchev–Trinajstić information content (AvgIpc) is 2.98. The monoisotopic (exact) mass is 433 g/mol. The van der Waals surface area contributed by atoms with Crippen LogP contribution >= 0.6 is 11.3 Å². The molecule has 5 N–H and O–H groups in total. The Morgan fingerprint density at radius 2 is 2.00 bits per heavy atom. The first kappa shape index (κ1) is 19.6. The number of aromatic amines is 1. The Bertz CT molecular complexity index is 1290. The Labute approximate surface area is 170 Å². The number of sulfonamides is 1. The number of aromatic hydroxyl groups is 1. The van der Waals surface area contributed by atoms with Crippen LogP contribution in [-0.2, 0) is 22.9 Å². The van der Waals surface area contributed by atoms with Gasteiger partial charge in [-0.2, -0.15) is 0 Å². The Hall–Kier alpha value is -2.69. The number of primary sulfonamides is 1. The topological polar surface area (TPSA) is 142 Å². The fourth-order valence-corrected chi connectivity index (χ4v) is 5.54. The largest absolute Gasteiger partial charge is 0.506 e. The molecule has 0 saturated heterocycles. The Morgan fingerprint density at radius 3 is 2.66 bits per heavy atom. The number of thiophene rings is 1. The molecule has 29 heavy (non-hydrogen) atoms. The van der Waals surface area contributed by atoms with Gasteiger partial charge in [-0.05, 0) is 55.0 Å². The normalized spacial score (nSPS) is 16.6. The van der Waals surface area contributed by atoms with Crippen molar-refractivity contribution in [1.29, 1.82) is 0 Å². The second-order valence-corrected chi connectivity index (χ2v) is 9.92. The van der Waals surface area contributed by atoms with Crippen LogP contribution in [0.25, 0.3) is 10.2 Å². The molecule has 0 bridgehead atoms. The van der Waals surface area contributed by atoms with Crippen LogP contribution in [0.1, 0.15) is 34.1 Å². The van der Waals surface area contributed by atoms with Crippen LogP contribution in [-0.4, -0.2) is 24.4 Å². The predicted octanol–water partition coefficient (Wildman–Crippen LogP) is 2.32. The molecule has 4 rings (SSSR count). The van der Waals surface area contributed by atoms with Gasteiger partial charge >= 0.3 is 0 Å². The maximum Gasteiger partial charge on any atom is 0.265 e. The lowest BCUT2D eigenvalue weighted by Gasteiger charge is -2.18. The lowest BCUT2D eigenvalue weighted by Crippen LogP contribution is -2.23. The third-order valence-electron chi connectivity index (χ3n) is 5.11. The number of benzene rings is 1. The zero-order chi connectivity index (χ0) is 20.9. The number of amides is 1. The number of carbonyl (C=O) groups is 1. The molecule has 0 aliphatic heterocycles. The van der Waals surface area contributed by atoms with Crippen molar-refractivity contribution in [1.82, 2.24) is 4.98 Å². The zero-order valence-corrected chi connectivity index (χ0v) is 17.1. The number of aromatic nitrogens is 1. The van der Waals surface area contributed by atoms with E-state index in [1.807, 2.05) is 0 Å². The fourth-order valence-electron chi connectivity index (χ4n) is 3.62. The van der Waals surface area contributed by atoms with E-state index in [4.69, 9.17) is 5.14 Å². The summed E-state index contributed by atoms with van der Waals surface area (Å²) in [5, 5.41) is 18.9. The van der Waals surface area contributed by atoms with E-state index in [1.54, 1.807) is 0 Å². The van der Waals surface area contributed by atoms with Crippen molar-refractivity contribution >= 4 is 43.2 Å². The lowest BCUT2D eigenvalue weighted by molar-refractivity contribution is 0.102. The van der Waals surface area contributed by atoms with Crippen molar-refractivity contribution in [2.24, 2.45) is 11.1 Å². The molecule has 0 saturated carbocycles. The molecule has 152 valence electrons. The Balaban J connectivity index is 1.72. The maximum absolute atomic E-state index is 12.7. The number of pyridine rings is 1. The van der Waals surface area contributed by atoms with Gasteiger partial charge in [0.1, 0.15) is 16.1 Å². The summed E-state index contributed by atoms with van der Waals surface area (Å²) in [7, 11) is -3.85. The number of aryl methyl sites for hydroxylation is 1. The number of fused-ring (bicyclic) bond motifs is 3. The van der Waals surface area contributed by atoms with Crippen LogP contribution in [0.5, 0.6) is 5.75 Å². The van der Waals surface area contributed by atoms with Gasteiger partial charge < -0.3 is 15.4 Å². The van der Waals surface area contributed by atoms with E-state index in [0.717, 1.165) is 29.7 Å². The van der Waals surface area contributed by atoms with Crippen molar-refractivity contribution < 1.29 is 18.3 Å². The highest BCUT2D eigenvalue weighted by molar-refractivity contribution is 7.89. The molecule has 10 heteroatoms. The first-order valence-electron chi connectivity index (χ1n) is 8.99. The second-order valence-electron chi connectivity index (χ2n) is 7.26. The summed E-state index contributed by atoms with van der Waals surface area (Å²) in [6.45, 7) is 2.16. The number of H-pyrrole nitrogens is 1. The van der Waals surface area contributed by atoms with E-state index in [9.17, 15) is 23.1 Å². The highest BCUT2D eigenvalue weighted by Gasteiger charge is 2.27. The number of hydrogen-bond acceptors (Lipinski definition) is 6. The summed E-state index contributed by atoms with van der Waals surface area (Å²) in [5.74, 6) is -0.569. The smallest absolute Gasteiger partial charge is 0.265 e. The summed E-state index contributed by atoms with van der Waals surface area (Å²) < 4.78 is 22.7. The minimum Gasteiger partial charge on any atom is -0.506 e. The highest BCUT2D eigenvalue weighted by atomic mass is 32.2. The SMILES string of the molecule is C[C@H]1CCc2c(sc3[nH]c(=O)c(C(=O)Nc4ccc(S(N)(=O)=O)cc4)c(O)c23)C1. The minimum absolute atomic E-state index is 0.100. The van der Waals surface area contributed by atoms with Gasteiger partial charge in [0, 0.05) is 10.6 Å². The van der Waals surface area contributed by atoms with E-state index in [0.29, 0.717) is 16.1 Å². The number of carbonyl (C=O) groups excluding carboxylic acids is 1. The van der Waals surface area contributed by atoms with Crippen LogP contribution in [0.2, 0.25) is 0 Å². The van der Waals surface area contributed by atoms with Gasteiger partial charge in [0.2, 0.25) is 10.0 Å². The molecule has 3 aromatic rings. The maximum atomic E-state index is 12.7. The molecular weight excluding hydrogens is 414 g/mol. The van der Waals surface area contributed by atoms with Crippen LogP contribution in [0.4, 0.5) is 5.69 Å². The van der Waals surface area contributed by atoms with E-state index in [-0.39, 0.29) is 21.9 Å². The predicted molar refractivity (Wildman–Crippen MR) is 111 cm³/mol. The van der Waals surface area contributed by atoms with E-state index >= 15 is 0 Å². The van der Waals surface area contributed by atoms with Gasteiger partial charge in [-0.3, -0.25) is 9.59 Å². The number of nitrogens with one attached hydrogen (secondary N) is 2. The molecule has 1 atom stereocenters. The summed E-state index contributed by atoms with van der Waals surface area (Å²) in [4.78, 5) is 29.5. The van der Waals surface area contributed by atoms with Crippen molar-refractivity contribution in [3.63, 3.8) is 0 Å². The van der Waals surface area contributed by atoms with Crippen LogP contribution in [0.15, 0.2) is 34.0 Å². The van der Waals surface area contributed by atoms with Crippen molar-refractivity contribution in [2.75, 3.05) is 5.32 Å². The quantitative estimate of drug-likeness (QED) is 0.501. The van der Waals surface area contributed by atoms with Crippen LogP contribution in [0.3, 0.4) is 0 Å². The van der Waals surface area contributed by atoms with Gasteiger partial charge in [0.15, 0.2) is 0 Å². The van der Waals surface area contributed by atoms with Crippen LogP contribution in [0, 0.1) is 5.92 Å². The van der Waals surface area contributed by atoms with Crippen molar-refractivity contribution in [3.8, 4) is 5.75 Å². The van der Waals surface area contributed by atoms with Crippen molar-refractivity contribution in [2.45, 2.75) is 31.1 Å². The molecule has 0 unspecified atom stereocenters. The summed E-state index contributed by atoms with van der Waals surface area (Å²) >= 11 is 1.44. The molecule has 1 aliphatic rings. The Kier molecular flexibility index (Phi) is 4.72. The summed E-state index contributed by atoms with van der Waals surface area (Å²) in [6, 6.07) is 5.20. The molecule has 2 aromatic heterocycles. The first-order valence-corrected chi connectivity index (χ1v) is 11.3. The second kappa shape index (κ2) is 6.97. The van der Waals surface area contributed by atoms with Gasteiger partial charge in [0.05, 0.1) is 10.3 Å². The number of anilines is 1. The molecule has 0 spiro atoms. The van der Waals surface area contributed by atoms with Gasteiger partial charge in [0.25, 0.3) is 11.5 Å². The van der Waals surface area contributed by atoms with Crippen molar-refractivity contribution in [3.05, 3.63) is 50.6 Å². The molecule has 2 heterocycles. The van der Waals surface area contributed by atoms with Crippen LogP contribution < -0.4 is 16.0 Å². The number of hydrogen-bond donors (Lipinski definition) is 4. The van der Waals surface area contributed by atoms with Gasteiger partial charge in [-0.1, -0.05) is 6.92 Å². The molecule has 8 nitrogen and oxygen atoms in total. The number of nitrogens with two attached hydrogens (primary N) is 1. The Morgan fingerprint density at radius 1 is 1.31 bits per heavy atom.